The summed E-state index contributed by atoms with van der Waals surface area (Å²) >= 11 is 0. The summed E-state index contributed by atoms with van der Waals surface area (Å²) in [5.74, 6) is 0.342. The lowest BCUT2D eigenvalue weighted by Crippen LogP contribution is -2.21. The van der Waals surface area contributed by atoms with Crippen molar-refractivity contribution < 1.29 is 14.3 Å². The fraction of sp³-hybridized carbons (Fsp3) is 0.200. The Bertz CT molecular complexity index is 926. The average molecular weight is 372 g/mol. The van der Waals surface area contributed by atoms with Crippen molar-refractivity contribution in [3.05, 3.63) is 101 Å². The molecule has 0 radical (unpaired) electrons. The van der Waals surface area contributed by atoms with Gasteiger partial charge in [0, 0.05) is 23.5 Å². The Morgan fingerprint density at radius 1 is 0.821 bits per heavy atom. The van der Waals surface area contributed by atoms with Crippen LogP contribution < -0.4 is 4.74 Å². The van der Waals surface area contributed by atoms with Crippen molar-refractivity contribution >= 4 is 11.6 Å². The number of ketones is 2. The van der Waals surface area contributed by atoms with Crippen molar-refractivity contribution in [3.63, 3.8) is 0 Å². The predicted molar refractivity (Wildman–Crippen MR) is 111 cm³/mol. The Hall–Kier alpha value is -3.20. The van der Waals surface area contributed by atoms with E-state index in [2.05, 4.69) is 0 Å². The first kappa shape index (κ1) is 19.6. The zero-order valence-corrected chi connectivity index (χ0v) is 16.2. The summed E-state index contributed by atoms with van der Waals surface area (Å²) < 4.78 is 5.20. The third-order valence-corrected chi connectivity index (χ3v) is 4.88. The molecule has 1 atom stereocenters. The number of hydrogen-bond acceptors (Lipinski definition) is 3. The Labute approximate surface area is 166 Å². The second-order valence-corrected chi connectivity index (χ2v) is 6.97. The number of Topliss-reactive ketones (excluding diaryl/α,β-unsaturated/α-hetero) is 2. The maximum atomic E-state index is 13.2. The Morgan fingerprint density at radius 3 is 2.07 bits per heavy atom. The molecule has 0 saturated carbocycles. The molecule has 0 bridgehead atoms. The topological polar surface area (TPSA) is 43.4 Å². The van der Waals surface area contributed by atoms with Gasteiger partial charge in [-0.15, -0.1) is 0 Å². The van der Waals surface area contributed by atoms with Crippen LogP contribution >= 0.6 is 0 Å². The van der Waals surface area contributed by atoms with Crippen LogP contribution in [0.3, 0.4) is 0 Å². The van der Waals surface area contributed by atoms with E-state index in [4.69, 9.17) is 4.74 Å². The molecule has 0 fully saturated rings. The lowest BCUT2D eigenvalue weighted by molar-refractivity contribution is 0.0851. The maximum Gasteiger partial charge on any atom is 0.166 e. The molecule has 0 saturated heterocycles. The number of methoxy groups -OCH3 is 1. The first-order chi connectivity index (χ1) is 13.6. The van der Waals surface area contributed by atoms with Gasteiger partial charge in [0.2, 0.25) is 0 Å². The molecule has 1 unspecified atom stereocenters. The second-order valence-electron chi connectivity index (χ2n) is 6.97. The highest BCUT2D eigenvalue weighted by atomic mass is 16.5. The Balaban J connectivity index is 1.84. The van der Waals surface area contributed by atoms with Gasteiger partial charge in [0.15, 0.2) is 11.6 Å². The number of ether oxygens (including phenoxy) is 1. The summed E-state index contributed by atoms with van der Waals surface area (Å²) in [5.41, 5.74) is 3.39. The first-order valence-corrected chi connectivity index (χ1v) is 9.39. The summed E-state index contributed by atoms with van der Waals surface area (Å²) in [7, 11) is 1.62. The van der Waals surface area contributed by atoms with Crippen molar-refractivity contribution in [3.8, 4) is 5.75 Å². The van der Waals surface area contributed by atoms with Crippen molar-refractivity contribution in [2.75, 3.05) is 7.11 Å². The van der Waals surface area contributed by atoms with Gasteiger partial charge in [0.05, 0.1) is 7.11 Å². The minimum Gasteiger partial charge on any atom is -0.497 e. The quantitative estimate of drug-likeness (QED) is 0.503. The van der Waals surface area contributed by atoms with Crippen molar-refractivity contribution in [2.24, 2.45) is 5.92 Å². The number of benzene rings is 3. The summed E-state index contributed by atoms with van der Waals surface area (Å²) in [6.45, 7) is 1.99. The van der Waals surface area contributed by atoms with Crippen LogP contribution in [-0.4, -0.2) is 18.7 Å². The van der Waals surface area contributed by atoms with E-state index >= 15 is 0 Å². The molecule has 0 aliphatic rings. The molecule has 0 spiro atoms. The molecule has 0 aromatic heterocycles. The molecule has 3 rings (SSSR count). The van der Waals surface area contributed by atoms with Gasteiger partial charge in [-0.3, -0.25) is 9.59 Å². The smallest absolute Gasteiger partial charge is 0.166 e. The predicted octanol–water partition coefficient (Wildman–Crippen LogP) is 5.32. The summed E-state index contributed by atoms with van der Waals surface area (Å²) in [4.78, 5) is 25.9. The standard InChI is InChI=1S/C25H24O3/c1-18-8-12-21(13-9-18)25(27)22(16-19-10-14-23(28-2)15-11-19)17-24(26)20-6-4-3-5-7-20/h3-15,22H,16-17H2,1-2H3. The molecule has 3 aromatic rings. The monoisotopic (exact) mass is 372 g/mol. The average Bonchev–Trinajstić information content (AvgIpc) is 2.74. The molecular weight excluding hydrogens is 348 g/mol. The molecule has 0 amide bonds. The van der Waals surface area contributed by atoms with Gasteiger partial charge in [0.25, 0.3) is 0 Å². The molecule has 0 N–H and O–H groups in total. The zero-order valence-electron chi connectivity index (χ0n) is 16.2. The molecule has 0 aliphatic carbocycles. The minimum absolute atomic E-state index is 0.0000918. The van der Waals surface area contributed by atoms with E-state index in [9.17, 15) is 9.59 Å². The Morgan fingerprint density at radius 2 is 1.46 bits per heavy atom. The largest absolute Gasteiger partial charge is 0.497 e. The maximum absolute atomic E-state index is 13.2. The van der Waals surface area contributed by atoms with Gasteiger partial charge < -0.3 is 4.74 Å². The molecule has 142 valence electrons. The molecule has 3 nitrogen and oxygen atoms in total. The van der Waals surface area contributed by atoms with E-state index in [0.29, 0.717) is 17.5 Å². The first-order valence-electron chi connectivity index (χ1n) is 9.39. The summed E-state index contributed by atoms with van der Waals surface area (Å²) in [5, 5.41) is 0. The number of aryl methyl sites for hydroxylation is 1. The minimum atomic E-state index is -0.413. The van der Waals surface area contributed by atoms with E-state index < -0.39 is 5.92 Å². The number of hydrogen-bond donors (Lipinski definition) is 0. The van der Waals surface area contributed by atoms with Gasteiger partial charge in [-0.25, -0.2) is 0 Å². The molecular formula is C25H24O3. The van der Waals surface area contributed by atoms with Crippen LogP contribution in [-0.2, 0) is 6.42 Å². The second kappa shape index (κ2) is 9.14. The van der Waals surface area contributed by atoms with Gasteiger partial charge >= 0.3 is 0 Å². The van der Waals surface area contributed by atoms with E-state index in [1.54, 1.807) is 19.2 Å². The normalized spacial score (nSPS) is 11.6. The fourth-order valence-electron chi connectivity index (χ4n) is 3.22. The van der Waals surface area contributed by atoms with E-state index in [1.165, 1.54) is 0 Å². The fourth-order valence-corrected chi connectivity index (χ4v) is 3.22. The van der Waals surface area contributed by atoms with Crippen LogP contribution in [0.25, 0.3) is 0 Å². The highest BCUT2D eigenvalue weighted by molar-refractivity contribution is 6.03. The molecule has 0 aliphatic heterocycles. The van der Waals surface area contributed by atoms with Crippen LogP contribution in [0.1, 0.15) is 38.3 Å². The third kappa shape index (κ3) is 4.95. The number of carbonyl (C=O) groups excluding carboxylic acids is 2. The van der Waals surface area contributed by atoms with Crippen molar-refractivity contribution in [2.45, 2.75) is 19.8 Å². The molecule has 0 heterocycles. The molecule has 28 heavy (non-hydrogen) atoms. The van der Waals surface area contributed by atoms with E-state index in [0.717, 1.165) is 16.9 Å². The highest BCUT2D eigenvalue weighted by Crippen LogP contribution is 2.22. The van der Waals surface area contributed by atoms with Crippen molar-refractivity contribution in [1.29, 1.82) is 0 Å². The van der Waals surface area contributed by atoms with Gasteiger partial charge in [-0.1, -0.05) is 72.3 Å². The van der Waals surface area contributed by atoms with Gasteiger partial charge in [0.1, 0.15) is 5.75 Å². The van der Waals surface area contributed by atoms with E-state index in [1.807, 2.05) is 73.7 Å². The lowest BCUT2D eigenvalue weighted by atomic mass is 9.86. The SMILES string of the molecule is COc1ccc(CC(CC(=O)c2ccccc2)C(=O)c2ccc(C)cc2)cc1. The van der Waals surface area contributed by atoms with Gasteiger partial charge in [-0.2, -0.15) is 0 Å². The van der Waals surface area contributed by atoms with E-state index in [-0.39, 0.29) is 18.0 Å². The molecule has 3 heteroatoms. The highest BCUT2D eigenvalue weighted by Gasteiger charge is 2.24. The summed E-state index contributed by atoms with van der Waals surface area (Å²) in [6, 6.07) is 24.3. The van der Waals surface area contributed by atoms with Crippen LogP contribution in [0, 0.1) is 12.8 Å². The van der Waals surface area contributed by atoms with Crippen LogP contribution in [0.4, 0.5) is 0 Å². The van der Waals surface area contributed by atoms with Gasteiger partial charge in [-0.05, 0) is 31.0 Å². The Kier molecular flexibility index (Phi) is 6.38. The van der Waals surface area contributed by atoms with Crippen molar-refractivity contribution in [1.82, 2.24) is 0 Å². The zero-order chi connectivity index (χ0) is 19.9. The summed E-state index contributed by atoms with van der Waals surface area (Å²) in [6.07, 6.45) is 0.692. The number of rotatable bonds is 8. The van der Waals surface area contributed by atoms with Crippen LogP contribution in [0.2, 0.25) is 0 Å². The lowest BCUT2D eigenvalue weighted by Gasteiger charge is -2.16. The van der Waals surface area contributed by atoms with Crippen LogP contribution in [0.5, 0.6) is 5.75 Å². The van der Waals surface area contributed by atoms with Crippen LogP contribution in [0.15, 0.2) is 78.9 Å². The number of carbonyl (C=O) groups is 2. The third-order valence-electron chi connectivity index (χ3n) is 4.88. The molecule has 3 aromatic carbocycles.